The molecule has 0 fully saturated rings. The van der Waals surface area contributed by atoms with Gasteiger partial charge in [0.2, 0.25) is 5.91 Å². The van der Waals surface area contributed by atoms with Crippen LogP contribution < -0.4 is 10.6 Å². The number of benzene rings is 2. The summed E-state index contributed by atoms with van der Waals surface area (Å²) >= 11 is 0. The Labute approximate surface area is 262 Å². The third-order valence-electron chi connectivity index (χ3n) is 6.59. The second kappa shape index (κ2) is 14.9. The third-order valence-corrected chi connectivity index (χ3v) is 6.59. The summed E-state index contributed by atoms with van der Waals surface area (Å²) in [5.74, 6) is -2.37. The Balaban J connectivity index is 2.60. The van der Waals surface area contributed by atoms with E-state index < -0.39 is 59.1 Å². The number of amides is 3. The van der Waals surface area contributed by atoms with Gasteiger partial charge in [-0.1, -0.05) is 68.8 Å². The number of aryl methyl sites for hydroxylation is 2. The minimum Gasteiger partial charge on any atom is -0.458 e. The average Bonchev–Trinajstić information content (AvgIpc) is 2.89. The van der Waals surface area contributed by atoms with E-state index in [0.29, 0.717) is 5.56 Å². The molecule has 3 atom stereocenters. The third kappa shape index (κ3) is 10.4. The Morgan fingerprint density at radius 1 is 0.841 bits per heavy atom. The van der Waals surface area contributed by atoms with Gasteiger partial charge < -0.3 is 20.1 Å². The summed E-state index contributed by atoms with van der Waals surface area (Å²) in [5.41, 5.74) is 1.16. The monoisotopic (exact) mass is 605 g/mol. The first-order chi connectivity index (χ1) is 20.3. The van der Waals surface area contributed by atoms with E-state index in [9.17, 15) is 19.2 Å². The predicted octanol–water partition coefficient (Wildman–Crippen LogP) is 5.38. The Morgan fingerprint density at radius 2 is 1.39 bits per heavy atom. The fourth-order valence-corrected chi connectivity index (χ4v) is 4.67. The number of carbonyl (C=O) groups excluding carboxylic acids is 4. The van der Waals surface area contributed by atoms with Crippen molar-refractivity contribution in [3.05, 3.63) is 70.8 Å². The van der Waals surface area contributed by atoms with Gasteiger partial charge in [0, 0.05) is 12.5 Å². The maximum absolute atomic E-state index is 14.3. The molecule has 0 aliphatic rings. The molecule has 2 aromatic rings. The zero-order chi connectivity index (χ0) is 33.4. The molecule has 3 amide bonds. The first-order valence-corrected chi connectivity index (χ1v) is 14.8. The second-order valence-electron chi connectivity index (χ2n) is 13.2. The summed E-state index contributed by atoms with van der Waals surface area (Å²) in [6, 6.07) is 13.6. The van der Waals surface area contributed by atoms with E-state index in [1.807, 2.05) is 62.4 Å². The van der Waals surface area contributed by atoms with Gasteiger partial charge in [0.05, 0.1) is 0 Å². The van der Waals surface area contributed by atoms with Crippen LogP contribution in [0, 0.1) is 32.2 Å². The lowest BCUT2D eigenvalue weighted by molar-refractivity contribution is -0.159. The average molecular weight is 606 g/mol. The zero-order valence-electron chi connectivity index (χ0n) is 27.6. The molecule has 9 nitrogen and oxygen atoms in total. The van der Waals surface area contributed by atoms with Crippen molar-refractivity contribution >= 4 is 23.9 Å². The van der Waals surface area contributed by atoms with Gasteiger partial charge in [0.15, 0.2) is 0 Å². The van der Waals surface area contributed by atoms with Crippen LogP contribution in [0.25, 0.3) is 0 Å². The van der Waals surface area contributed by atoms with Gasteiger partial charge in [0.25, 0.3) is 5.91 Å². The van der Waals surface area contributed by atoms with E-state index >= 15 is 0 Å². The highest BCUT2D eigenvalue weighted by atomic mass is 16.6. The van der Waals surface area contributed by atoms with Crippen LogP contribution in [0.5, 0.6) is 0 Å². The quantitative estimate of drug-likeness (QED) is 0.214. The molecule has 0 bridgehead atoms. The van der Waals surface area contributed by atoms with Crippen molar-refractivity contribution in [2.45, 2.75) is 105 Å². The van der Waals surface area contributed by atoms with Crippen molar-refractivity contribution in [2.24, 2.45) is 5.92 Å². The summed E-state index contributed by atoms with van der Waals surface area (Å²) < 4.78 is 11.0. The number of esters is 1. The van der Waals surface area contributed by atoms with Crippen molar-refractivity contribution in [1.29, 1.82) is 0 Å². The van der Waals surface area contributed by atoms with Crippen LogP contribution >= 0.6 is 0 Å². The highest BCUT2D eigenvalue weighted by Crippen LogP contribution is 2.29. The molecule has 2 N–H and O–H groups in total. The molecule has 0 aliphatic carbocycles. The fourth-order valence-electron chi connectivity index (χ4n) is 4.67. The summed E-state index contributed by atoms with van der Waals surface area (Å²) in [6.07, 6.45) is 5.32. The number of nitrogens with zero attached hydrogens (tertiary/aromatic N) is 1. The second-order valence-corrected chi connectivity index (χ2v) is 13.2. The molecule has 0 spiro atoms. The van der Waals surface area contributed by atoms with Crippen molar-refractivity contribution in [2.75, 3.05) is 0 Å². The number of rotatable bonds is 10. The number of hydrogen-bond donors (Lipinski definition) is 2. The minimum absolute atomic E-state index is 0.153. The number of ether oxygens (including phenoxy) is 2. The number of alkyl carbamates (subject to hydrolysis) is 1. The molecule has 2 aromatic carbocycles. The van der Waals surface area contributed by atoms with Gasteiger partial charge in [-0.15, -0.1) is 0 Å². The van der Waals surface area contributed by atoms with Gasteiger partial charge in [-0.25, -0.2) is 9.59 Å². The number of hydrogen-bond acceptors (Lipinski definition) is 6. The number of nitrogens with one attached hydrogen (secondary N) is 2. The first kappa shape index (κ1) is 35.9. The summed E-state index contributed by atoms with van der Waals surface area (Å²) in [6.45, 7) is 17.5. The van der Waals surface area contributed by atoms with E-state index in [-0.39, 0.29) is 6.42 Å². The van der Waals surface area contributed by atoms with E-state index in [2.05, 4.69) is 16.7 Å². The minimum atomic E-state index is -1.32. The van der Waals surface area contributed by atoms with Gasteiger partial charge in [-0.2, -0.15) is 0 Å². The standard InChI is InChI=1S/C35H47N3O6/c1-12-38(31(40)28(22(2)3)37-33(42)44-35(9,10)11)29(27-23(4)17-16-18-24(27)5)30(39)36-26(32(41)43-34(6,7)8)21-25-19-14-13-15-20-25/h1,13-20,22,26,28-29H,21H2,2-11H3,(H,36,39)(H,37,42). The molecule has 0 radical (unpaired) electrons. The molecule has 0 saturated carbocycles. The van der Waals surface area contributed by atoms with Crippen LogP contribution in [0.3, 0.4) is 0 Å². The maximum atomic E-state index is 14.3. The molecule has 9 heteroatoms. The van der Waals surface area contributed by atoms with E-state index in [4.69, 9.17) is 15.9 Å². The SMILES string of the molecule is C#CN(C(=O)C(NC(=O)OC(C)(C)C)C(C)C)C(C(=O)NC(Cc1ccccc1)C(=O)OC(C)(C)C)c1c(C)cccc1C. The fraction of sp³-hybridized carbons (Fsp3) is 0.486. The van der Waals surface area contributed by atoms with E-state index in [0.717, 1.165) is 21.6 Å². The number of carbonyl (C=O) groups is 4. The molecular formula is C35H47N3O6. The normalized spacial score (nSPS) is 13.6. The van der Waals surface area contributed by atoms with Crippen LogP contribution in [0.1, 0.15) is 83.7 Å². The van der Waals surface area contributed by atoms with Crippen LogP contribution in [-0.4, -0.2) is 52.1 Å². The van der Waals surface area contributed by atoms with Crippen molar-refractivity contribution in [1.82, 2.24) is 15.5 Å². The first-order valence-electron chi connectivity index (χ1n) is 14.8. The van der Waals surface area contributed by atoms with Crippen LogP contribution in [0.2, 0.25) is 0 Å². The van der Waals surface area contributed by atoms with Crippen molar-refractivity contribution in [3.8, 4) is 12.5 Å². The Hall–Kier alpha value is -4.32. The van der Waals surface area contributed by atoms with Crippen LogP contribution in [0.15, 0.2) is 48.5 Å². The lowest BCUT2D eigenvalue weighted by Crippen LogP contribution is -2.55. The lowest BCUT2D eigenvalue weighted by atomic mass is 9.92. The smallest absolute Gasteiger partial charge is 0.408 e. The highest BCUT2D eigenvalue weighted by Gasteiger charge is 2.40. The molecule has 0 aliphatic heterocycles. The molecule has 0 heterocycles. The molecular weight excluding hydrogens is 558 g/mol. The molecule has 0 saturated heterocycles. The van der Waals surface area contributed by atoms with Gasteiger partial charge in [0.1, 0.15) is 29.3 Å². The summed E-state index contributed by atoms with van der Waals surface area (Å²) in [7, 11) is 0. The zero-order valence-corrected chi connectivity index (χ0v) is 27.6. The molecule has 2 rings (SSSR count). The van der Waals surface area contributed by atoms with Crippen LogP contribution in [-0.2, 0) is 30.3 Å². The number of terminal acetylenes is 1. The Bertz CT molecular complexity index is 1350. The summed E-state index contributed by atoms with van der Waals surface area (Å²) in [4.78, 5) is 55.5. The van der Waals surface area contributed by atoms with Gasteiger partial charge in [-0.3, -0.25) is 14.5 Å². The predicted molar refractivity (Wildman–Crippen MR) is 170 cm³/mol. The topological polar surface area (TPSA) is 114 Å². The van der Waals surface area contributed by atoms with Crippen molar-refractivity contribution in [3.63, 3.8) is 0 Å². The molecule has 0 aromatic heterocycles. The van der Waals surface area contributed by atoms with Crippen LogP contribution in [0.4, 0.5) is 4.79 Å². The molecule has 3 unspecified atom stereocenters. The Kier molecular flexibility index (Phi) is 12.2. The Morgan fingerprint density at radius 3 is 1.86 bits per heavy atom. The van der Waals surface area contributed by atoms with Crippen molar-refractivity contribution < 1.29 is 28.7 Å². The lowest BCUT2D eigenvalue weighted by Gasteiger charge is -2.34. The maximum Gasteiger partial charge on any atom is 0.408 e. The molecule has 44 heavy (non-hydrogen) atoms. The highest BCUT2D eigenvalue weighted by molar-refractivity contribution is 5.95. The molecule has 238 valence electrons. The summed E-state index contributed by atoms with van der Waals surface area (Å²) in [5, 5.41) is 5.46. The van der Waals surface area contributed by atoms with E-state index in [1.54, 1.807) is 55.4 Å². The largest absolute Gasteiger partial charge is 0.458 e. The van der Waals surface area contributed by atoms with Gasteiger partial charge >= 0.3 is 12.1 Å². The van der Waals surface area contributed by atoms with E-state index in [1.165, 1.54) is 0 Å². The van der Waals surface area contributed by atoms with Gasteiger partial charge in [-0.05, 0) is 83.6 Å².